The Balaban J connectivity index is 2.37. The van der Waals surface area contributed by atoms with Crippen LogP contribution in [0.3, 0.4) is 0 Å². The molecule has 1 heterocycles. The lowest BCUT2D eigenvalue weighted by Crippen LogP contribution is -2.48. The van der Waals surface area contributed by atoms with Crippen molar-refractivity contribution in [1.29, 1.82) is 0 Å². The Labute approximate surface area is 83.1 Å². The van der Waals surface area contributed by atoms with E-state index < -0.39 is 28.2 Å². The van der Waals surface area contributed by atoms with Crippen LogP contribution in [0.25, 0.3) is 0 Å². The Morgan fingerprint density at radius 1 is 1.43 bits per heavy atom. The molecule has 0 radical (unpaired) electrons. The molecule has 1 fully saturated rings. The van der Waals surface area contributed by atoms with Crippen LogP contribution in [0.4, 0.5) is 8.78 Å². The van der Waals surface area contributed by atoms with Crippen molar-refractivity contribution < 1.29 is 17.8 Å². The number of nitrogens with one attached hydrogen (secondary N) is 1. The molecule has 7 heteroatoms. The van der Waals surface area contributed by atoms with Gasteiger partial charge in [-0.25, -0.2) is 0 Å². The van der Waals surface area contributed by atoms with Crippen LogP contribution in [-0.2, 0) is 15.6 Å². The molecule has 1 saturated heterocycles. The first-order valence-electron chi connectivity index (χ1n) is 4.25. The van der Waals surface area contributed by atoms with Gasteiger partial charge < -0.3 is 10.2 Å². The molecule has 0 aliphatic carbocycles. The van der Waals surface area contributed by atoms with Gasteiger partial charge in [-0.05, 0) is 0 Å². The van der Waals surface area contributed by atoms with E-state index in [9.17, 15) is 17.8 Å². The third-order valence-electron chi connectivity index (χ3n) is 1.93. The van der Waals surface area contributed by atoms with Crippen molar-refractivity contribution in [2.45, 2.75) is 5.76 Å². The first-order valence-corrected chi connectivity index (χ1v) is 5.63. The maximum atomic E-state index is 11.9. The lowest BCUT2D eigenvalue weighted by Gasteiger charge is -2.27. The van der Waals surface area contributed by atoms with Gasteiger partial charge in [0, 0.05) is 26.2 Å². The molecule has 0 saturated carbocycles. The minimum absolute atomic E-state index is 0.454. The molecule has 0 aromatic heterocycles. The summed E-state index contributed by atoms with van der Waals surface area (Å²) in [5, 5.41) is 3.03. The third-order valence-corrected chi connectivity index (χ3v) is 2.86. The Hall–Kier alpha value is -0.560. The lowest BCUT2D eigenvalue weighted by atomic mass is 10.3. The van der Waals surface area contributed by atoms with Gasteiger partial charge in [-0.1, -0.05) is 0 Å². The zero-order valence-electron chi connectivity index (χ0n) is 7.54. The second-order valence-corrected chi connectivity index (χ2v) is 4.32. The molecule has 1 atom stereocenters. The molecule has 1 rings (SSSR count). The van der Waals surface area contributed by atoms with Crippen molar-refractivity contribution in [1.82, 2.24) is 10.2 Å². The molecule has 1 amide bonds. The standard InChI is InChI=1S/C7H12F2N2O2S/c8-7(9)14(13)5-6(12)11-3-1-10-2-4-11/h7,10H,1-5H2. The maximum Gasteiger partial charge on any atom is 0.312 e. The van der Waals surface area contributed by atoms with Crippen LogP contribution in [0.15, 0.2) is 0 Å². The Kier molecular flexibility index (Phi) is 4.40. The van der Waals surface area contributed by atoms with Gasteiger partial charge in [0.2, 0.25) is 5.91 Å². The van der Waals surface area contributed by atoms with E-state index in [1.165, 1.54) is 4.90 Å². The quantitative estimate of drug-likeness (QED) is 0.698. The van der Waals surface area contributed by atoms with Gasteiger partial charge in [-0.15, -0.1) is 0 Å². The van der Waals surface area contributed by atoms with Crippen LogP contribution in [0, 0.1) is 0 Å². The van der Waals surface area contributed by atoms with Gasteiger partial charge in [0.15, 0.2) is 0 Å². The normalized spacial score (nSPS) is 19.8. The van der Waals surface area contributed by atoms with Crippen LogP contribution >= 0.6 is 0 Å². The van der Waals surface area contributed by atoms with E-state index in [1.54, 1.807) is 0 Å². The van der Waals surface area contributed by atoms with Crippen molar-refractivity contribution in [3.63, 3.8) is 0 Å². The summed E-state index contributed by atoms with van der Waals surface area (Å²) in [4.78, 5) is 12.7. The van der Waals surface area contributed by atoms with Gasteiger partial charge in [-0.3, -0.25) is 9.00 Å². The van der Waals surface area contributed by atoms with E-state index in [0.29, 0.717) is 26.2 Å². The molecule has 82 valence electrons. The van der Waals surface area contributed by atoms with Crippen molar-refractivity contribution in [2.24, 2.45) is 0 Å². The molecule has 14 heavy (non-hydrogen) atoms. The average Bonchev–Trinajstić information content (AvgIpc) is 2.19. The first kappa shape index (κ1) is 11.5. The van der Waals surface area contributed by atoms with E-state index in [-0.39, 0.29) is 0 Å². The van der Waals surface area contributed by atoms with Gasteiger partial charge in [-0.2, -0.15) is 8.78 Å². The molecule has 1 N–H and O–H groups in total. The molecule has 4 nitrogen and oxygen atoms in total. The van der Waals surface area contributed by atoms with E-state index >= 15 is 0 Å². The predicted octanol–water partition coefficient (Wildman–Crippen LogP) is -0.610. The molecular formula is C7H12F2N2O2S. The largest absolute Gasteiger partial charge is 0.339 e. The summed E-state index contributed by atoms with van der Waals surface area (Å²) in [5.74, 6) is -3.95. The van der Waals surface area contributed by atoms with Gasteiger partial charge in [0.05, 0.1) is 10.8 Å². The second kappa shape index (κ2) is 5.35. The Bertz CT molecular complexity index is 232. The highest BCUT2D eigenvalue weighted by Gasteiger charge is 2.22. The van der Waals surface area contributed by atoms with Crippen LogP contribution in [0.2, 0.25) is 0 Å². The molecule has 1 unspecified atom stereocenters. The first-order chi connectivity index (χ1) is 6.61. The average molecular weight is 226 g/mol. The summed E-state index contributed by atoms with van der Waals surface area (Å²) in [5.41, 5.74) is 0. The number of nitrogens with zero attached hydrogens (tertiary/aromatic N) is 1. The molecule has 0 spiro atoms. The van der Waals surface area contributed by atoms with Gasteiger partial charge in [0.1, 0.15) is 5.75 Å². The van der Waals surface area contributed by atoms with Crippen LogP contribution in [0.1, 0.15) is 0 Å². The summed E-state index contributed by atoms with van der Waals surface area (Å²) in [6.07, 6.45) is 0. The van der Waals surface area contributed by atoms with Crippen molar-refractivity contribution >= 4 is 16.7 Å². The zero-order valence-corrected chi connectivity index (χ0v) is 8.36. The molecule has 1 aliphatic rings. The minimum atomic E-state index is -2.93. The number of alkyl halides is 2. The number of piperazine rings is 1. The molecule has 0 aromatic rings. The summed E-state index contributed by atoms with van der Waals surface area (Å²) >= 11 is 0. The third kappa shape index (κ3) is 3.30. The van der Waals surface area contributed by atoms with Crippen LogP contribution < -0.4 is 5.32 Å². The van der Waals surface area contributed by atoms with Crippen LogP contribution in [0.5, 0.6) is 0 Å². The smallest absolute Gasteiger partial charge is 0.312 e. The number of halogens is 2. The summed E-state index contributed by atoms with van der Waals surface area (Å²) in [7, 11) is -2.35. The summed E-state index contributed by atoms with van der Waals surface area (Å²) < 4.78 is 34.4. The number of carbonyl (C=O) groups excluding carboxylic acids is 1. The fourth-order valence-electron chi connectivity index (χ4n) is 1.19. The number of hydrogen-bond acceptors (Lipinski definition) is 3. The van der Waals surface area contributed by atoms with E-state index in [1.807, 2.05) is 0 Å². The highest BCUT2D eigenvalue weighted by Crippen LogP contribution is 2.02. The van der Waals surface area contributed by atoms with E-state index in [2.05, 4.69) is 5.32 Å². The number of carbonyl (C=O) groups is 1. The predicted molar refractivity (Wildman–Crippen MR) is 48.5 cm³/mol. The van der Waals surface area contributed by atoms with Gasteiger partial charge >= 0.3 is 5.76 Å². The monoisotopic (exact) mass is 226 g/mol. The molecule has 0 bridgehead atoms. The number of amides is 1. The molecular weight excluding hydrogens is 214 g/mol. The number of rotatable bonds is 3. The topological polar surface area (TPSA) is 49.4 Å². The molecule has 0 aromatic carbocycles. The van der Waals surface area contributed by atoms with Crippen LogP contribution in [-0.4, -0.2) is 52.7 Å². The van der Waals surface area contributed by atoms with Crippen molar-refractivity contribution in [2.75, 3.05) is 31.9 Å². The minimum Gasteiger partial charge on any atom is -0.339 e. The second-order valence-electron chi connectivity index (χ2n) is 2.92. The SMILES string of the molecule is O=C(CS(=O)C(F)F)N1CCNCC1. The fourth-order valence-corrected chi connectivity index (χ4v) is 1.74. The van der Waals surface area contributed by atoms with Gasteiger partial charge in [0.25, 0.3) is 0 Å². The Morgan fingerprint density at radius 3 is 2.50 bits per heavy atom. The van der Waals surface area contributed by atoms with E-state index in [0.717, 1.165) is 0 Å². The number of hydrogen-bond donors (Lipinski definition) is 1. The highest BCUT2D eigenvalue weighted by atomic mass is 32.2. The van der Waals surface area contributed by atoms with Crippen molar-refractivity contribution in [3.8, 4) is 0 Å². The molecule has 1 aliphatic heterocycles. The lowest BCUT2D eigenvalue weighted by molar-refractivity contribution is -0.128. The summed E-state index contributed by atoms with van der Waals surface area (Å²) in [6.45, 7) is 2.32. The fraction of sp³-hybridized carbons (Fsp3) is 0.857. The summed E-state index contributed by atoms with van der Waals surface area (Å²) in [6, 6.07) is 0. The maximum absolute atomic E-state index is 11.9. The highest BCUT2D eigenvalue weighted by molar-refractivity contribution is 7.86. The van der Waals surface area contributed by atoms with Crippen molar-refractivity contribution in [3.05, 3.63) is 0 Å². The van der Waals surface area contributed by atoms with E-state index in [4.69, 9.17) is 0 Å². The zero-order chi connectivity index (χ0) is 10.6. The Morgan fingerprint density at radius 2 is 2.00 bits per heavy atom.